The van der Waals surface area contributed by atoms with Crippen molar-refractivity contribution in [3.63, 3.8) is 0 Å². The van der Waals surface area contributed by atoms with Gasteiger partial charge in [0.2, 0.25) is 5.91 Å². The number of nitrogens with zero attached hydrogens (tertiary/aromatic N) is 1. The highest BCUT2D eigenvalue weighted by atomic mass is 16.5. The zero-order valence-corrected chi connectivity index (χ0v) is 16.9. The van der Waals surface area contributed by atoms with Gasteiger partial charge < -0.3 is 19.7 Å². The van der Waals surface area contributed by atoms with Crippen molar-refractivity contribution in [3.05, 3.63) is 84.4 Å². The number of carbonyl (C=O) groups excluding carboxylic acids is 1. The lowest BCUT2D eigenvalue weighted by molar-refractivity contribution is -0.117. The Kier molecular flexibility index (Phi) is 6.50. The molecule has 3 aromatic carbocycles. The molecule has 0 atom stereocenters. The topological polar surface area (TPSA) is 50.8 Å². The Morgan fingerprint density at radius 2 is 1.60 bits per heavy atom. The number of hydrogen-bond donors (Lipinski definition) is 1. The van der Waals surface area contributed by atoms with Crippen LogP contribution in [0.4, 0.5) is 11.4 Å². The van der Waals surface area contributed by atoms with Crippen molar-refractivity contribution in [3.8, 4) is 11.5 Å². The summed E-state index contributed by atoms with van der Waals surface area (Å²) in [5.74, 6) is 1.59. The number of amides is 1. The average Bonchev–Trinajstić information content (AvgIpc) is 2.81. The molecule has 0 aliphatic carbocycles. The van der Waals surface area contributed by atoms with Crippen LogP contribution in [0.1, 0.15) is 12.0 Å². The normalized spacial score (nSPS) is 12.7. The third kappa shape index (κ3) is 4.92. The van der Waals surface area contributed by atoms with Gasteiger partial charge in [-0.3, -0.25) is 4.79 Å². The van der Waals surface area contributed by atoms with Gasteiger partial charge in [0, 0.05) is 12.2 Å². The van der Waals surface area contributed by atoms with E-state index in [1.807, 2.05) is 77.7 Å². The number of aryl methyl sites for hydroxylation is 1. The minimum Gasteiger partial charge on any atom is -0.490 e. The molecule has 5 heteroatoms. The number of rotatable bonds is 8. The predicted molar refractivity (Wildman–Crippen MR) is 119 cm³/mol. The number of hydrogen-bond acceptors (Lipinski definition) is 4. The molecule has 1 aliphatic heterocycles. The van der Waals surface area contributed by atoms with Crippen LogP contribution in [0.2, 0.25) is 0 Å². The van der Waals surface area contributed by atoms with E-state index in [0.717, 1.165) is 36.5 Å². The highest BCUT2D eigenvalue weighted by molar-refractivity contribution is 5.97. The molecule has 1 amide bonds. The van der Waals surface area contributed by atoms with Gasteiger partial charge in [-0.05, 0) is 48.7 Å². The van der Waals surface area contributed by atoms with Crippen LogP contribution in [0, 0.1) is 0 Å². The van der Waals surface area contributed by atoms with Gasteiger partial charge in [-0.1, -0.05) is 48.5 Å². The van der Waals surface area contributed by atoms with Crippen LogP contribution >= 0.6 is 0 Å². The van der Waals surface area contributed by atoms with Gasteiger partial charge in [-0.25, -0.2) is 0 Å². The molecule has 3 aromatic rings. The number of anilines is 2. The van der Waals surface area contributed by atoms with Crippen molar-refractivity contribution in [1.82, 2.24) is 0 Å². The highest BCUT2D eigenvalue weighted by Gasteiger charge is 2.21. The summed E-state index contributed by atoms with van der Waals surface area (Å²) in [6, 6.07) is 25.5. The molecule has 154 valence electrons. The first-order valence-corrected chi connectivity index (χ1v) is 10.3. The SMILES string of the molecule is O=C(CNc1ccccc1OCCOc1ccccc1)N1CCCc2ccccc21. The molecule has 0 bridgehead atoms. The Bertz CT molecular complexity index is 975. The zero-order chi connectivity index (χ0) is 20.6. The molecule has 0 saturated heterocycles. The van der Waals surface area contributed by atoms with Crippen molar-refractivity contribution in [2.45, 2.75) is 12.8 Å². The van der Waals surface area contributed by atoms with E-state index in [2.05, 4.69) is 11.4 Å². The summed E-state index contributed by atoms with van der Waals surface area (Å²) < 4.78 is 11.6. The molecule has 0 aromatic heterocycles. The standard InChI is InChI=1S/C25H26N2O3/c28-25(27-16-8-10-20-9-4-6-14-23(20)27)19-26-22-13-5-7-15-24(22)30-18-17-29-21-11-2-1-3-12-21/h1-7,9,11-15,26H,8,10,16-19H2. The zero-order valence-electron chi connectivity index (χ0n) is 16.9. The fourth-order valence-corrected chi connectivity index (χ4v) is 3.63. The second-order valence-electron chi connectivity index (χ2n) is 7.14. The minimum absolute atomic E-state index is 0.0596. The van der Waals surface area contributed by atoms with Crippen LogP contribution in [0.3, 0.4) is 0 Å². The van der Waals surface area contributed by atoms with Crippen molar-refractivity contribution in [2.24, 2.45) is 0 Å². The molecule has 1 N–H and O–H groups in total. The average molecular weight is 402 g/mol. The highest BCUT2D eigenvalue weighted by Crippen LogP contribution is 2.27. The molecule has 0 spiro atoms. The molecular formula is C25H26N2O3. The third-order valence-electron chi connectivity index (χ3n) is 5.08. The van der Waals surface area contributed by atoms with E-state index in [4.69, 9.17) is 9.47 Å². The van der Waals surface area contributed by atoms with Crippen LogP contribution in [0.15, 0.2) is 78.9 Å². The van der Waals surface area contributed by atoms with Gasteiger partial charge >= 0.3 is 0 Å². The monoisotopic (exact) mass is 402 g/mol. The summed E-state index contributed by atoms with van der Waals surface area (Å²) in [5, 5.41) is 3.24. The van der Waals surface area contributed by atoms with Gasteiger partial charge in [-0.2, -0.15) is 0 Å². The number of benzene rings is 3. The molecule has 1 aliphatic rings. The third-order valence-corrected chi connectivity index (χ3v) is 5.08. The molecule has 0 fully saturated rings. The Morgan fingerprint density at radius 3 is 2.50 bits per heavy atom. The number of carbonyl (C=O) groups is 1. The van der Waals surface area contributed by atoms with Crippen LogP contribution in [0.25, 0.3) is 0 Å². The molecule has 1 heterocycles. The molecule has 0 radical (unpaired) electrons. The van der Waals surface area contributed by atoms with Gasteiger partial charge in [0.1, 0.15) is 24.7 Å². The number of para-hydroxylation sites is 4. The van der Waals surface area contributed by atoms with Crippen molar-refractivity contribution < 1.29 is 14.3 Å². The molecular weight excluding hydrogens is 376 g/mol. The molecule has 0 unspecified atom stereocenters. The lowest BCUT2D eigenvalue weighted by atomic mass is 10.0. The van der Waals surface area contributed by atoms with E-state index in [1.165, 1.54) is 5.56 Å². The van der Waals surface area contributed by atoms with Crippen molar-refractivity contribution in [2.75, 3.05) is 36.5 Å². The van der Waals surface area contributed by atoms with E-state index >= 15 is 0 Å². The van der Waals surface area contributed by atoms with Crippen molar-refractivity contribution in [1.29, 1.82) is 0 Å². The summed E-state index contributed by atoms with van der Waals surface area (Å²) in [4.78, 5) is 14.7. The first kappa shape index (κ1) is 19.8. The van der Waals surface area contributed by atoms with Crippen LogP contribution < -0.4 is 19.7 Å². The summed E-state index contributed by atoms with van der Waals surface area (Å²) in [5.41, 5.74) is 3.06. The van der Waals surface area contributed by atoms with E-state index < -0.39 is 0 Å². The molecule has 4 rings (SSSR count). The second kappa shape index (κ2) is 9.83. The van der Waals surface area contributed by atoms with Gasteiger partial charge in [-0.15, -0.1) is 0 Å². The fourth-order valence-electron chi connectivity index (χ4n) is 3.63. The summed E-state index contributed by atoms with van der Waals surface area (Å²) >= 11 is 0. The lowest BCUT2D eigenvalue weighted by Gasteiger charge is -2.29. The van der Waals surface area contributed by atoms with E-state index in [-0.39, 0.29) is 12.5 Å². The van der Waals surface area contributed by atoms with Gasteiger partial charge in [0.25, 0.3) is 0 Å². The maximum atomic E-state index is 12.9. The first-order chi connectivity index (χ1) is 14.8. The van der Waals surface area contributed by atoms with Gasteiger partial charge in [0.05, 0.1) is 12.2 Å². The molecule has 30 heavy (non-hydrogen) atoms. The van der Waals surface area contributed by atoms with Crippen LogP contribution in [0.5, 0.6) is 11.5 Å². The molecule has 5 nitrogen and oxygen atoms in total. The Morgan fingerprint density at radius 1 is 0.867 bits per heavy atom. The summed E-state index contributed by atoms with van der Waals surface area (Å²) in [7, 11) is 0. The van der Waals surface area contributed by atoms with Crippen molar-refractivity contribution >= 4 is 17.3 Å². The first-order valence-electron chi connectivity index (χ1n) is 10.3. The largest absolute Gasteiger partial charge is 0.490 e. The summed E-state index contributed by atoms with van der Waals surface area (Å²) in [6.07, 6.45) is 2.01. The predicted octanol–water partition coefficient (Wildman–Crippen LogP) is 4.54. The number of fused-ring (bicyclic) bond motifs is 1. The summed E-state index contributed by atoms with van der Waals surface area (Å²) in [6.45, 7) is 1.84. The Labute approximate surface area is 177 Å². The van der Waals surface area contributed by atoms with Gasteiger partial charge in [0.15, 0.2) is 0 Å². The lowest BCUT2D eigenvalue weighted by Crippen LogP contribution is -2.39. The minimum atomic E-state index is 0.0596. The van der Waals surface area contributed by atoms with E-state index in [1.54, 1.807) is 0 Å². The van der Waals surface area contributed by atoms with Crippen LogP contribution in [-0.2, 0) is 11.2 Å². The quantitative estimate of drug-likeness (QED) is 0.562. The Balaban J connectivity index is 1.31. The van der Waals surface area contributed by atoms with Crippen LogP contribution in [-0.4, -0.2) is 32.2 Å². The second-order valence-corrected chi connectivity index (χ2v) is 7.14. The van der Waals surface area contributed by atoms with E-state index in [9.17, 15) is 4.79 Å². The maximum Gasteiger partial charge on any atom is 0.246 e. The fraction of sp³-hybridized carbons (Fsp3) is 0.240. The van der Waals surface area contributed by atoms with E-state index in [0.29, 0.717) is 19.0 Å². The maximum absolute atomic E-state index is 12.9. The number of ether oxygens (including phenoxy) is 2. The molecule has 0 saturated carbocycles. The Hall–Kier alpha value is -3.47. The smallest absolute Gasteiger partial charge is 0.246 e. The number of nitrogens with one attached hydrogen (secondary N) is 1.